The fraction of sp³-hybridized carbons (Fsp3) is 0.182. The number of fused-ring (bicyclic) bond motifs is 5. The molecule has 0 spiro atoms. The number of rotatable bonds is 1. The van der Waals surface area contributed by atoms with Crippen molar-refractivity contribution in [3.8, 4) is 11.8 Å². The van der Waals surface area contributed by atoms with Gasteiger partial charge >= 0.3 is 0 Å². The van der Waals surface area contributed by atoms with Gasteiger partial charge in [0, 0.05) is 17.0 Å². The quantitative estimate of drug-likeness (QED) is 0.494. The van der Waals surface area contributed by atoms with Crippen molar-refractivity contribution in [2.45, 2.75) is 19.8 Å². The second-order valence-electron chi connectivity index (χ2n) is 7.23. The number of thiophene rings is 1. The number of aromatic nitrogens is 2. The molecule has 2 atom stereocenters. The van der Waals surface area contributed by atoms with Crippen LogP contribution < -0.4 is 10.3 Å². The summed E-state index contributed by atoms with van der Waals surface area (Å²) in [5, 5.41) is 19.0. The number of ether oxygens (including phenoxy) is 1. The Morgan fingerprint density at radius 3 is 2.76 bits per heavy atom. The van der Waals surface area contributed by atoms with E-state index in [1.165, 1.54) is 11.3 Å². The maximum atomic E-state index is 13.2. The Balaban J connectivity index is 1.90. The summed E-state index contributed by atoms with van der Waals surface area (Å²) < 4.78 is 6.55. The molecule has 3 aromatic heterocycles. The number of hydrogen-bond acceptors (Lipinski definition) is 6. The lowest BCUT2D eigenvalue weighted by atomic mass is 9.79. The van der Waals surface area contributed by atoms with E-state index in [2.05, 4.69) is 16.0 Å². The van der Waals surface area contributed by atoms with E-state index in [1.54, 1.807) is 0 Å². The predicted octanol–water partition coefficient (Wildman–Crippen LogP) is 4.40. The normalized spacial score (nSPS) is 18.4. The molecule has 4 heterocycles. The van der Waals surface area contributed by atoms with Gasteiger partial charge in [-0.1, -0.05) is 30.3 Å². The first kappa shape index (κ1) is 17.6. The molecule has 0 radical (unpaired) electrons. The van der Waals surface area contributed by atoms with Crippen molar-refractivity contribution in [1.82, 2.24) is 9.97 Å². The first-order valence-electron chi connectivity index (χ1n) is 9.17. The van der Waals surface area contributed by atoms with Crippen LogP contribution in [0.5, 0.6) is 5.75 Å². The van der Waals surface area contributed by atoms with E-state index in [0.717, 1.165) is 31.7 Å². The minimum absolute atomic E-state index is 0.140. The van der Waals surface area contributed by atoms with Gasteiger partial charge in [0.15, 0.2) is 5.75 Å². The molecule has 0 saturated heterocycles. The second-order valence-corrected chi connectivity index (χ2v) is 8.22. The summed E-state index contributed by atoms with van der Waals surface area (Å²) in [4.78, 5) is 21.7. The Labute approximate surface area is 169 Å². The molecule has 1 aromatic carbocycles. The van der Waals surface area contributed by atoms with Gasteiger partial charge in [0.25, 0.3) is 5.56 Å². The Morgan fingerprint density at radius 1 is 1.28 bits per heavy atom. The third kappa shape index (κ3) is 2.50. The van der Waals surface area contributed by atoms with Crippen LogP contribution in [0.25, 0.3) is 20.4 Å². The molecule has 0 saturated carbocycles. The Kier molecular flexibility index (Phi) is 3.80. The van der Waals surface area contributed by atoms with Crippen LogP contribution in [0, 0.1) is 36.5 Å². The number of hydrogen-bond donors (Lipinski definition) is 2. The Bertz CT molecular complexity index is 1410. The third-order valence-electron chi connectivity index (χ3n) is 5.36. The molecule has 29 heavy (non-hydrogen) atoms. The number of aromatic amines is 1. The van der Waals surface area contributed by atoms with Crippen LogP contribution in [0.2, 0.25) is 0 Å². The molecule has 1 aliphatic heterocycles. The fourth-order valence-corrected chi connectivity index (χ4v) is 5.40. The number of nitrogens with zero attached hydrogens (tertiary/aromatic N) is 2. The van der Waals surface area contributed by atoms with Crippen LogP contribution in [-0.2, 0) is 0 Å². The summed E-state index contributed by atoms with van der Waals surface area (Å²) in [7, 11) is 0. The summed E-state index contributed by atoms with van der Waals surface area (Å²) in [5.41, 5.74) is 3.51. The fourth-order valence-electron chi connectivity index (χ4n) is 4.16. The van der Waals surface area contributed by atoms with E-state index in [-0.39, 0.29) is 11.5 Å². The lowest BCUT2D eigenvalue weighted by Crippen LogP contribution is -2.35. The molecule has 0 fully saturated rings. The van der Waals surface area contributed by atoms with Gasteiger partial charge in [0.2, 0.25) is 5.90 Å². The molecule has 4 aromatic rings. The highest BCUT2D eigenvalue weighted by molar-refractivity contribution is 7.25. The highest BCUT2D eigenvalue weighted by atomic mass is 32.1. The van der Waals surface area contributed by atoms with Crippen LogP contribution >= 0.6 is 11.3 Å². The number of nitriles is 1. The summed E-state index contributed by atoms with van der Waals surface area (Å²) in [6, 6.07) is 13.5. The zero-order valence-corrected chi connectivity index (χ0v) is 16.6. The van der Waals surface area contributed by atoms with Crippen molar-refractivity contribution >= 4 is 37.7 Å². The zero-order valence-electron chi connectivity index (χ0n) is 15.7. The van der Waals surface area contributed by atoms with Crippen molar-refractivity contribution < 1.29 is 4.74 Å². The van der Waals surface area contributed by atoms with Crippen molar-refractivity contribution in [2.24, 2.45) is 5.92 Å². The average molecular weight is 400 g/mol. The molecular formula is C22H16N4O2S. The molecule has 5 rings (SSSR count). The monoisotopic (exact) mass is 400 g/mol. The summed E-state index contributed by atoms with van der Waals surface area (Å²) in [6.07, 6.45) is 0. The number of benzene rings is 1. The van der Waals surface area contributed by atoms with Crippen molar-refractivity contribution in [2.75, 3.05) is 0 Å². The number of nitrogens with one attached hydrogen (secondary N) is 2. The number of H-pyrrole nitrogens is 1. The molecular weight excluding hydrogens is 384 g/mol. The standard InChI is InChI=1S/C22H16N4O2S/c1-10-8-11(2)25-22-14(10)17-19(29-22)18-16(21(27)26-17)15(12-6-4-3-5-7-12)13(9-23)20(24)28-18/h3-8,13,15,24H,1-2H3,(H,26,27). The lowest BCUT2D eigenvalue weighted by Gasteiger charge is -2.29. The van der Waals surface area contributed by atoms with Crippen LogP contribution in [0.1, 0.15) is 28.3 Å². The van der Waals surface area contributed by atoms with Crippen LogP contribution in [-0.4, -0.2) is 15.9 Å². The van der Waals surface area contributed by atoms with Gasteiger partial charge in [-0.15, -0.1) is 11.3 Å². The van der Waals surface area contributed by atoms with E-state index >= 15 is 0 Å². The van der Waals surface area contributed by atoms with Crippen molar-refractivity contribution in [3.63, 3.8) is 0 Å². The van der Waals surface area contributed by atoms with E-state index in [4.69, 9.17) is 10.1 Å². The van der Waals surface area contributed by atoms with Gasteiger partial charge in [-0.2, -0.15) is 5.26 Å². The van der Waals surface area contributed by atoms with Crippen LogP contribution in [0.3, 0.4) is 0 Å². The minimum Gasteiger partial charge on any atom is -0.440 e. The molecule has 0 bridgehead atoms. The predicted molar refractivity (Wildman–Crippen MR) is 113 cm³/mol. The van der Waals surface area contributed by atoms with Crippen molar-refractivity contribution in [1.29, 1.82) is 10.7 Å². The lowest BCUT2D eigenvalue weighted by molar-refractivity contribution is 0.453. The first-order chi connectivity index (χ1) is 14.0. The van der Waals surface area contributed by atoms with Gasteiger partial charge < -0.3 is 9.72 Å². The highest BCUT2D eigenvalue weighted by Crippen LogP contribution is 2.46. The highest BCUT2D eigenvalue weighted by Gasteiger charge is 2.40. The van der Waals surface area contributed by atoms with Gasteiger partial charge in [-0.3, -0.25) is 10.2 Å². The Morgan fingerprint density at radius 2 is 2.03 bits per heavy atom. The second kappa shape index (κ2) is 6.26. The molecule has 6 nitrogen and oxygen atoms in total. The SMILES string of the molecule is Cc1cc(C)c2c(n1)sc1c3c(c(=O)[nH]c12)C(c1ccccc1)C(C#N)C(=N)O3. The van der Waals surface area contributed by atoms with Gasteiger partial charge in [0.1, 0.15) is 10.7 Å². The number of pyridine rings is 2. The zero-order chi connectivity index (χ0) is 20.3. The Hall–Kier alpha value is -3.50. The summed E-state index contributed by atoms with van der Waals surface area (Å²) in [6.45, 7) is 3.92. The molecule has 0 amide bonds. The summed E-state index contributed by atoms with van der Waals surface area (Å²) >= 11 is 1.44. The largest absolute Gasteiger partial charge is 0.440 e. The number of aryl methyl sites for hydroxylation is 2. The van der Waals surface area contributed by atoms with E-state index < -0.39 is 11.8 Å². The maximum Gasteiger partial charge on any atom is 0.256 e. The molecule has 2 unspecified atom stereocenters. The van der Waals surface area contributed by atoms with Gasteiger partial charge in [0.05, 0.1) is 21.8 Å². The van der Waals surface area contributed by atoms with E-state index in [1.807, 2.05) is 50.2 Å². The molecule has 1 aliphatic rings. The summed E-state index contributed by atoms with van der Waals surface area (Å²) in [5.74, 6) is -1.19. The maximum absolute atomic E-state index is 13.2. The smallest absolute Gasteiger partial charge is 0.256 e. The third-order valence-corrected chi connectivity index (χ3v) is 6.44. The minimum atomic E-state index is -0.861. The van der Waals surface area contributed by atoms with E-state index in [0.29, 0.717) is 16.8 Å². The average Bonchev–Trinajstić information content (AvgIpc) is 3.06. The molecule has 7 heteroatoms. The molecule has 0 aliphatic carbocycles. The van der Waals surface area contributed by atoms with Crippen molar-refractivity contribution in [3.05, 3.63) is 69.1 Å². The topological polar surface area (TPSA) is 103 Å². The van der Waals surface area contributed by atoms with Gasteiger partial charge in [-0.05, 0) is 31.0 Å². The van der Waals surface area contributed by atoms with E-state index in [9.17, 15) is 10.1 Å². The molecule has 142 valence electrons. The molecule has 2 N–H and O–H groups in total. The first-order valence-corrected chi connectivity index (χ1v) is 9.98. The van der Waals surface area contributed by atoms with Crippen LogP contribution in [0.4, 0.5) is 0 Å². The van der Waals surface area contributed by atoms with Gasteiger partial charge in [-0.25, -0.2) is 4.98 Å². The van der Waals surface area contributed by atoms with Crippen LogP contribution in [0.15, 0.2) is 41.2 Å².